The van der Waals surface area contributed by atoms with Crippen molar-refractivity contribution in [3.8, 4) is 0 Å². The highest BCUT2D eigenvalue weighted by atomic mass is 127. The van der Waals surface area contributed by atoms with Gasteiger partial charge in [0.2, 0.25) is 0 Å². The van der Waals surface area contributed by atoms with E-state index in [-0.39, 0.29) is 5.97 Å². The second-order valence-electron chi connectivity index (χ2n) is 4.34. The van der Waals surface area contributed by atoms with Gasteiger partial charge in [0.25, 0.3) is 0 Å². The Balaban J connectivity index is 2.48. The second kappa shape index (κ2) is 9.36. The molecule has 0 aliphatic carbocycles. The molecular formula is C15H21IO2. The minimum Gasteiger partial charge on any atom is -0.469 e. The van der Waals surface area contributed by atoms with Crippen LogP contribution in [0.3, 0.4) is 0 Å². The Morgan fingerprint density at radius 3 is 2.39 bits per heavy atom. The summed E-state index contributed by atoms with van der Waals surface area (Å²) in [7, 11) is 1.44. The van der Waals surface area contributed by atoms with Gasteiger partial charge in [-0.05, 0) is 41.2 Å². The molecule has 0 unspecified atom stereocenters. The molecule has 2 nitrogen and oxygen atoms in total. The van der Waals surface area contributed by atoms with Crippen molar-refractivity contribution in [2.75, 3.05) is 11.5 Å². The molecule has 0 saturated carbocycles. The van der Waals surface area contributed by atoms with E-state index in [1.807, 2.05) is 6.07 Å². The van der Waals surface area contributed by atoms with E-state index in [9.17, 15) is 4.79 Å². The summed E-state index contributed by atoms with van der Waals surface area (Å²) in [5.41, 5.74) is 2.67. The van der Waals surface area contributed by atoms with Gasteiger partial charge in [0.1, 0.15) is 0 Å². The van der Waals surface area contributed by atoms with E-state index in [2.05, 4.69) is 45.5 Å². The van der Waals surface area contributed by atoms with Crippen molar-refractivity contribution in [3.63, 3.8) is 0 Å². The van der Waals surface area contributed by atoms with Crippen molar-refractivity contribution in [2.24, 2.45) is 0 Å². The predicted molar refractivity (Wildman–Crippen MR) is 83.2 cm³/mol. The Morgan fingerprint density at radius 1 is 1.11 bits per heavy atom. The monoisotopic (exact) mass is 360 g/mol. The number of carbonyl (C=O) groups excluding carboxylic acids is 1. The smallest absolute Gasteiger partial charge is 0.305 e. The van der Waals surface area contributed by atoms with Crippen LogP contribution < -0.4 is 0 Å². The Bertz CT molecular complexity index is 363. The summed E-state index contributed by atoms with van der Waals surface area (Å²) in [4.78, 5) is 11.2. The summed E-state index contributed by atoms with van der Waals surface area (Å²) in [5, 5.41) is 0. The van der Waals surface area contributed by atoms with Crippen molar-refractivity contribution in [3.05, 3.63) is 35.4 Å². The summed E-state index contributed by atoms with van der Waals surface area (Å²) in [5.74, 6) is -0.130. The predicted octanol–water partition coefficient (Wildman–Crippen LogP) is 3.94. The zero-order valence-electron chi connectivity index (χ0n) is 11.0. The number of unbranched alkanes of at least 4 members (excludes halogenated alkanes) is 2. The molecule has 0 atom stereocenters. The Kier molecular flexibility index (Phi) is 8.05. The molecule has 0 radical (unpaired) electrons. The molecule has 0 amide bonds. The summed E-state index contributed by atoms with van der Waals surface area (Å²) < 4.78 is 5.92. The van der Waals surface area contributed by atoms with Crippen molar-refractivity contribution < 1.29 is 9.53 Å². The van der Waals surface area contributed by atoms with Gasteiger partial charge in [0, 0.05) is 6.42 Å². The van der Waals surface area contributed by atoms with Crippen LogP contribution in [0.15, 0.2) is 24.3 Å². The number of carbonyl (C=O) groups is 1. The van der Waals surface area contributed by atoms with Crippen LogP contribution in [0.4, 0.5) is 0 Å². The molecule has 0 saturated heterocycles. The normalized spacial score (nSPS) is 10.3. The Labute approximate surface area is 123 Å². The van der Waals surface area contributed by atoms with Crippen molar-refractivity contribution in [2.45, 2.75) is 38.5 Å². The molecule has 100 valence electrons. The van der Waals surface area contributed by atoms with Crippen molar-refractivity contribution in [1.29, 1.82) is 0 Å². The standard InChI is InChI=1S/C15H21IO2/c1-18-15(17)11-10-14-9-5-4-8-13(14)7-3-2-6-12-16/h4-5,8-9H,2-3,6-7,10-12H2,1H3. The van der Waals surface area contributed by atoms with Crippen LogP contribution in [-0.4, -0.2) is 17.5 Å². The average Bonchev–Trinajstić information content (AvgIpc) is 2.42. The SMILES string of the molecule is COC(=O)CCc1ccccc1CCCCCI. The van der Waals surface area contributed by atoms with Crippen LogP contribution in [0, 0.1) is 0 Å². The zero-order valence-corrected chi connectivity index (χ0v) is 13.1. The van der Waals surface area contributed by atoms with Gasteiger partial charge >= 0.3 is 5.97 Å². The largest absolute Gasteiger partial charge is 0.469 e. The maximum absolute atomic E-state index is 11.2. The topological polar surface area (TPSA) is 26.3 Å². The van der Waals surface area contributed by atoms with Gasteiger partial charge in [0.05, 0.1) is 7.11 Å². The quantitative estimate of drug-likeness (QED) is 0.304. The van der Waals surface area contributed by atoms with E-state index in [4.69, 9.17) is 0 Å². The van der Waals surface area contributed by atoms with E-state index in [1.165, 1.54) is 41.9 Å². The van der Waals surface area contributed by atoms with Gasteiger partial charge in [-0.2, -0.15) is 0 Å². The van der Waals surface area contributed by atoms with E-state index < -0.39 is 0 Å². The highest BCUT2D eigenvalue weighted by Crippen LogP contribution is 2.15. The van der Waals surface area contributed by atoms with Crippen molar-refractivity contribution >= 4 is 28.6 Å². The highest BCUT2D eigenvalue weighted by Gasteiger charge is 2.05. The Hall–Kier alpha value is -0.580. The molecule has 0 spiro atoms. The third kappa shape index (κ3) is 5.85. The molecule has 18 heavy (non-hydrogen) atoms. The highest BCUT2D eigenvalue weighted by molar-refractivity contribution is 14.1. The summed E-state index contributed by atoms with van der Waals surface area (Å²) in [6.07, 6.45) is 6.20. The number of aryl methyl sites for hydroxylation is 2. The van der Waals surface area contributed by atoms with Gasteiger partial charge in [0.15, 0.2) is 0 Å². The first-order valence-electron chi connectivity index (χ1n) is 6.47. The molecule has 0 aromatic heterocycles. The van der Waals surface area contributed by atoms with E-state index in [0.717, 1.165) is 12.8 Å². The van der Waals surface area contributed by atoms with E-state index in [1.54, 1.807) is 0 Å². The van der Waals surface area contributed by atoms with Crippen molar-refractivity contribution in [1.82, 2.24) is 0 Å². The summed E-state index contributed by atoms with van der Waals surface area (Å²) in [6, 6.07) is 8.42. The van der Waals surface area contributed by atoms with Gasteiger partial charge in [-0.1, -0.05) is 53.3 Å². The number of hydrogen-bond acceptors (Lipinski definition) is 2. The van der Waals surface area contributed by atoms with E-state index in [0.29, 0.717) is 6.42 Å². The van der Waals surface area contributed by atoms with E-state index >= 15 is 0 Å². The average molecular weight is 360 g/mol. The lowest BCUT2D eigenvalue weighted by Gasteiger charge is -2.08. The van der Waals surface area contributed by atoms with Crippen LogP contribution in [0.5, 0.6) is 0 Å². The Morgan fingerprint density at radius 2 is 1.78 bits per heavy atom. The maximum Gasteiger partial charge on any atom is 0.305 e. The van der Waals surface area contributed by atoms with Gasteiger partial charge < -0.3 is 4.74 Å². The minimum atomic E-state index is -0.130. The fourth-order valence-corrected chi connectivity index (χ4v) is 2.51. The third-order valence-electron chi connectivity index (χ3n) is 3.02. The zero-order chi connectivity index (χ0) is 13.2. The third-order valence-corrected chi connectivity index (χ3v) is 3.79. The molecule has 1 aromatic rings. The van der Waals surface area contributed by atoms with Crippen LogP contribution in [0.1, 0.15) is 36.8 Å². The minimum absolute atomic E-state index is 0.130. The number of halogens is 1. The molecule has 3 heteroatoms. The molecule has 0 aliphatic rings. The molecule has 1 aromatic carbocycles. The number of esters is 1. The number of alkyl halides is 1. The first kappa shape index (κ1) is 15.5. The molecule has 0 bridgehead atoms. The van der Waals surface area contributed by atoms with Gasteiger partial charge in [-0.15, -0.1) is 0 Å². The first-order chi connectivity index (χ1) is 8.77. The summed E-state index contributed by atoms with van der Waals surface area (Å²) >= 11 is 2.42. The maximum atomic E-state index is 11.2. The molecule has 0 fully saturated rings. The van der Waals surface area contributed by atoms with Crippen LogP contribution in [0.25, 0.3) is 0 Å². The molecule has 0 heterocycles. The number of rotatable bonds is 8. The fraction of sp³-hybridized carbons (Fsp3) is 0.533. The van der Waals surface area contributed by atoms with Crippen LogP contribution in [-0.2, 0) is 22.4 Å². The second-order valence-corrected chi connectivity index (χ2v) is 5.42. The fourth-order valence-electron chi connectivity index (χ4n) is 1.97. The number of benzene rings is 1. The summed E-state index contributed by atoms with van der Waals surface area (Å²) in [6.45, 7) is 0. The molecular weight excluding hydrogens is 339 g/mol. The number of hydrogen-bond donors (Lipinski definition) is 0. The molecule has 0 N–H and O–H groups in total. The lowest BCUT2D eigenvalue weighted by molar-refractivity contribution is -0.140. The lowest BCUT2D eigenvalue weighted by atomic mass is 9.98. The molecule has 1 rings (SSSR count). The first-order valence-corrected chi connectivity index (χ1v) is 8.00. The molecule has 0 aliphatic heterocycles. The van der Waals surface area contributed by atoms with Crippen LogP contribution >= 0.6 is 22.6 Å². The lowest BCUT2D eigenvalue weighted by Crippen LogP contribution is -2.03. The number of ether oxygens (including phenoxy) is 1. The van der Waals surface area contributed by atoms with Crippen LogP contribution in [0.2, 0.25) is 0 Å². The number of methoxy groups -OCH3 is 1. The van der Waals surface area contributed by atoms with Gasteiger partial charge in [-0.25, -0.2) is 0 Å². The van der Waals surface area contributed by atoms with Gasteiger partial charge in [-0.3, -0.25) is 4.79 Å².